The molecule has 8 nitrogen and oxygen atoms in total. The summed E-state index contributed by atoms with van der Waals surface area (Å²) < 4.78 is 44.7. The van der Waals surface area contributed by atoms with E-state index in [1.165, 1.54) is 10.5 Å². The van der Waals surface area contributed by atoms with Gasteiger partial charge in [0.15, 0.2) is 0 Å². The van der Waals surface area contributed by atoms with Crippen LogP contribution in [0.2, 0.25) is 0 Å². The van der Waals surface area contributed by atoms with Crippen LogP contribution in [0.15, 0.2) is 52.0 Å². The van der Waals surface area contributed by atoms with Gasteiger partial charge in [0.25, 0.3) is 5.71 Å². The molecule has 1 aromatic carbocycles. The number of hydrogen-bond donors (Lipinski definition) is 0. The fourth-order valence-corrected chi connectivity index (χ4v) is 5.58. The molecule has 0 radical (unpaired) electrons. The Morgan fingerprint density at radius 3 is 2.68 bits per heavy atom. The lowest BCUT2D eigenvalue weighted by Gasteiger charge is -2.31. The number of fused-ring (bicyclic) bond motifs is 1. The Morgan fingerprint density at radius 2 is 1.94 bits per heavy atom. The van der Waals surface area contributed by atoms with E-state index in [2.05, 4.69) is 10.1 Å². The zero-order valence-electron chi connectivity index (χ0n) is 17.1. The van der Waals surface area contributed by atoms with E-state index in [1.807, 2.05) is 30.3 Å². The summed E-state index contributed by atoms with van der Waals surface area (Å²) in [5.41, 5.74) is 1.76. The molecule has 1 unspecified atom stereocenters. The van der Waals surface area contributed by atoms with Crippen LogP contribution in [0.4, 0.5) is 0 Å². The maximum atomic E-state index is 13.3. The highest BCUT2D eigenvalue weighted by molar-refractivity contribution is 7.89. The molecule has 0 amide bonds. The molecule has 31 heavy (non-hydrogen) atoms. The average Bonchev–Trinajstić information content (AvgIpc) is 3.48. The summed E-state index contributed by atoms with van der Waals surface area (Å²) in [4.78, 5) is 4.36. The first-order chi connectivity index (χ1) is 15.1. The lowest BCUT2D eigenvalue weighted by Crippen LogP contribution is -2.41. The third-order valence-corrected chi connectivity index (χ3v) is 7.85. The van der Waals surface area contributed by atoms with Gasteiger partial charge >= 0.3 is 0 Å². The standard InChI is InChI=1S/C22H25N3O5S/c26-31(27,25-9-6-18(7-10-25)29-15-16-8-11-28-14-16)19-12-20-21(17-4-2-1-3-5-17)24-30-22(20)23-13-19/h1-5,12-13,16,18H,6-11,14-15H2. The highest BCUT2D eigenvalue weighted by atomic mass is 32.2. The Morgan fingerprint density at radius 1 is 1.13 bits per heavy atom. The Hall–Kier alpha value is -2.33. The van der Waals surface area contributed by atoms with E-state index in [1.54, 1.807) is 6.07 Å². The van der Waals surface area contributed by atoms with E-state index >= 15 is 0 Å². The van der Waals surface area contributed by atoms with Gasteiger partial charge in [0.2, 0.25) is 10.0 Å². The molecule has 0 aliphatic carbocycles. The van der Waals surface area contributed by atoms with Crippen LogP contribution in [0, 0.1) is 5.92 Å². The van der Waals surface area contributed by atoms with Gasteiger partial charge in [-0.15, -0.1) is 0 Å². The Labute approximate surface area is 181 Å². The maximum absolute atomic E-state index is 13.3. The summed E-state index contributed by atoms with van der Waals surface area (Å²) in [5, 5.41) is 4.68. The molecular formula is C22H25N3O5S. The van der Waals surface area contributed by atoms with Crippen molar-refractivity contribution in [1.82, 2.24) is 14.4 Å². The fraction of sp³-hybridized carbons (Fsp3) is 0.455. The number of aromatic nitrogens is 2. The highest BCUT2D eigenvalue weighted by Crippen LogP contribution is 2.30. The molecule has 0 saturated carbocycles. The van der Waals surface area contributed by atoms with Crippen LogP contribution in [0.5, 0.6) is 0 Å². The van der Waals surface area contributed by atoms with Gasteiger partial charge in [-0.05, 0) is 25.3 Å². The Kier molecular flexibility index (Phi) is 5.75. The van der Waals surface area contributed by atoms with Gasteiger partial charge in [0.05, 0.1) is 30.9 Å². The van der Waals surface area contributed by atoms with Gasteiger partial charge in [-0.1, -0.05) is 35.5 Å². The van der Waals surface area contributed by atoms with E-state index < -0.39 is 10.0 Å². The highest BCUT2D eigenvalue weighted by Gasteiger charge is 2.31. The first kappa shape index (κ1) is 20.6. The van der Waals surface area contributed by atoms with Crippen LogP contribution in [-0.2, 0) is 19.5 Å². The zero-order chi connectivity index (χ0) is 21.3. The van der Waals surface area contributed by atoms with E-state index in [-0.39, 0.29) is 11.0 Å². The van der Waals surface area contributed by atoms with Crippen molar-refractivity contribution in [2.45, 2.75) is 30.3 Å². The third kappa shape index (κ3) is 4.23. The second-order valence-corrected chi connectivity index (χ2v) is 10.0. The number of benzene rings is 1. The number of pyridine rings is 1. The van der Waals surface area contributed by atoms with Crippen LogP contribution in [0.3, 0.4) is 0 Å². The Balaban J connectivity index is 1.30. The molecule has 0 spiro atoms. The lowest BCUT2D eigenvalue weighted by atomic mass is 10.1. The first-order valence-corrected chi connectivity index (χ1v) is 12.1. The number of nitrogens with zero attached hydrogens (tertiary/aromatic N) is 3. The smallest absolute Gasteiger partial charge is 0.258 e. The summed E-state index contributed by atoms with van der Waals surface area (Å²) >= 11 is 0. The molecule has 9 heteroatoms. The fourth-order valence-electron chi connectivity index (χ4n) is 4.13. The minimum Gasteiger partial charge on any atom is -0.381 e. The minimum absolute atomic E-state index is 0.0930. The van der Waals surface area contributed by atoms with Crippen molar-refractivity contribution in [2.24, 2.45) is 5.92 Å². The summed E-state index contributed by atoms with van der Waals surface area (Å²) in [6, 6.07) is 11.1. The normalized spacial score (nSPS) is 21.1. The summed E-state index contributed by atoms with van der Waals surface area (Å²) in [6.45, 7) is 3.12. The van der Waals surface area contributed by atoms with Crippen molar-refractivity contribution in [3.8, 4) is 11.3 Å². The average molecular weight is 444 g/mol. The number of ether oxygens (including phenoxy) is 2. The van der Waals surface area contributed by atoms with Crippen molar-refractivity contribution < 1.29 is 22.4 Å². The van der Waals surface area contributed by atoms with Gasteiger partial charge in [0, 0.05) is 31.2 Å². The second-order valence-electron chi connectivity index (χ2n) is 8.09. The molecule has 164 valence electrons. The van der Waals surface area contributed by atoms with Crippen LogP contribution in [-0.4, -0.2) is 61.9 Å². The number of piperidine rings is 1. The largest absolute Gasteiger partial charge is 0.381 e. The number of rotatable bonds is 6. The first-order valence-electron chi connectivity index (χ1n) is 10.6. The van der Waals surface area contributed by atoms with Gasteiger partial charge in [-0.25, -0.2) is 13.4 Å². The van der Waals surface area contributed by atoms with E-state index in [4.69, 9.17) is 14.0 Å². The minimum atomic E-state index is -3.66. The second kappa shape index (κ2) is 8.66. The van der Waals surface area contributed by atoms with Gasteiger partial charge in [-0.3, -0.25) is 0 Å². The van der Waals surface area contributed by atoms with Crippen LogP contribution < -0.4 is 0 Å². The molecule has 2 saturated heterocycles. The lowest BCUT2D eigenvalue weighted by molar-refractivity contribution is 0.000482. The van der Waals surface area contributed by atoms with Crippen molar-refractivity contribution in [3.05, 3.63) is 42.6 Å². The monoisotopic (exact) mass is 443 g/mol. The summed E-state index contributed by atoms with van der Waals surface area (Å²) in [5.74, 6) is 0.460. The molecule has 0 bridgehead atoms. The topological polar surface area (TPSA) is 94.8 Å². The van der Waals surface area contributed by atoms with Crippen LogP contribution in [0.1, 0.15) is 19.3 Å². The van der Waals surface area contributed by atoms with E-state index in [0.29, 0.717) is 55.2 Å². The predicted molar refractivity (Wildman–Crippen MR) is 114 cm³/mol. The molecule has 2 fully saturated rings. The third-order valence-electron chi connectivity index (χ3n) is 5.98. The van der Waals surface area contributed by atoms with Gasteiger partial charge in [0.1, 0.15) is 10.6 Å². The van der Waals surface area contributed by atoms with Gasteiger partial charge in [-0.2, -0.15) is 4.31 Å². The molecule has 2 aliphatic rings. The molecule has 5 rings (SSSR count). The van der Waals surface area contributed by atoms with Crippen molar-refractivity contribution >= 4 is 21.1 Å². The Bertz CT molecular complexity index is 1130. The van der Waals surface area contributed by atoms with Crippen molar-refractivity contribution in [2.75, 3.05) is 32.9 Å². The molecular weight excluding hydrogens is 418 g/mol. The molecule has 3 aromatic rings. The van der Waals surface area contributed by atoms with E-state index in [0.717, 1.165) is 25.2 Å². The molecule has 0 N–H and O–H groups in total. The molecule has 2 aliphatic heterocycles. The number of hydrogen-bond acceptors (Lipinski definition) is 7. The van der Waals surface area contributed by atoms with Gasteiger partial charge < -0.3 is 14.0 Å². The predicted octanol–water partition coefficient (Wildman–Crippen LogP) is 3.10. The molecule has 1 atom stereocenters. The maximum Gasteiger partial charge on any atom is 0.258 e. The quantitative estimate of drug-likeness (QED) is 0.578. The molecule has 4 heterocycles. The zero-order valence-corrected chi connectivity index (χ0v) is 18.0. The van der Waals surface area contributed by atoms with Crippen molar-refractivity contribution in [1.29, 1.82) is 0 Å². The summed E-state index contributed by atoms with van der Waals surface area (Å²) in [7, 11) is -3.66. The number of sulfonamides is 1. The van der Waals surface area contributed by atoms with Crippen molar-refractivity contribution in [3.63, 3.8) is 0 Å². The van der Waals surface area contributed by atoms with Crippen LogP contribution >= 0.6 is 0 Å². The van der Waals surface area contributed by atoms with Crippen LogP contribution in [0.25, 0.3) is 22.4 Å². The SMILES string of the molecule is O=S(=O)(c1cnc2onc(-c3ccccc3)c2c1)N1CCC(OCC2CCOC2)CC1. The molecule has 2 aromatic heterocycles. The van der Waals surface area contributed by atoms with E-state index in [9.17, 15) is 8.42 Å². The summed E-state index contributed by atoms with van der Waals surface area (Å²) in [6.07, 6.45) is 3.85.